The number of phenolic OH excluding ortho intramolecular Hbond substituents is 1. The molecule has 2 heterocycles. The van der Waals surface area contributed by atoms with Gasteiger partial charge in [0.2, 0.25) is 11.7 Å². The molecule has 0 aliphatic carbocycles. The lowest BCUT2D eigenvalue weighted by Gasteiger charge is -2.29. The molecule has 1 aliphatic rings. The number of fused-ring (bicyclic) bond motifs is 1. The fraction of sp³-hybridized carbons (Fsp3) is 0.304. The lowest BCUT2D eigenvalue weighted by Crippen LogP contribution is -2.42. The Morgan fingerprint density at radius 3 is 2.28 bits per heavy atom. The largest absolute Gasteiger partial charge is 0.508 e. The van der Waals surface area contributed by atoms with Gasteiger partial charge in [-0.05, 0) is 36.2 Å². The van der Waals surface area contributed by atoms with Crippen molar-refractivity contribution >= 4 is 11.9 Å². The van der Waals surface area contributed by atoms with Crippen molar-refractivity contribution in [3.05, 3.63) is 70.6 Å². The Balaban J connectivity index is 0.000000320. The lowest BCUT2D eigenvalue weighted by atomic mass is 10.0. The minimum Gasteiger partial charge on any atom is -0.508 e. The minimum absolute atomic E-state index is 0.000783. The zero-order valence-electron chi connectivity index (χ0n) is 19.8. The molecule has 1 aliphatic heterocycles. The number of alkyl halides is 3. The van der Waals surface area contributed by atoms with E-state index in [1.54, 1.807) is 0 Å². The van der Waals surface area contributed by atoms with Crippen LogP contribution >= 0.6 is 0 Å². The maximum absolute atomic E-state index is 13.7. The van der Waals surface area contributed by atoms with Crippen molar-refractivity contribution in [2.24, 2.45) is 5.73 Å². The van der Waals surface area contributed by atoms with Crippen LogP contribution in [0.25, 0.3) is 0 Å². The van der Waals surface area contributed by atoms with Gasteiger partial charge in [-0.2, -0.15) is 13.2 Å². The number of amides is 1. The van der Waals surface area contributed by atoms with E-state index in [4.69, 9.17) is 21.1 Å². The molecule has 0 radical (unpaired) electrons. The van der Waals surface area contributed by atoms with Gasteiger partial charge in [0.15, 0.2) is 17.5 Å². The molecule has 0 spiro atoms. The van der Waals surface area contributed by atoms with E-state index in [1.165, 1.54) is 11.0 Å². The lowest BCUT2D eigenvalue weighted by molar-refractivity contribution is -0.148. The molecule has 1 atom stereocenters. The summed E-state index contributed by atoms with van der Waals surface area (Å²) < 4.78 is 79.3. The van der Waals surface area contributed by atoms with Crippen LogP contribution in [0.4, 0.5) is 26.3 Å². The highest BCUT2D eigenvalue weighted by molar-refractivity contribution is 5.91. The molecule has 0 saturated heterocycles. The topological polar surface area (TPSA) is 155 Å². The van der Waals surface area contributed by atoms with Crippen LogP contribution in [-0.4, -0.2) is 59.4 Å². The van der Waals surface area contributed by atoms with E-state index in [1.807, 2.05) is 0 Å². The highest BCUT2D eigenvalue weighted by Crippen LogP contribution is 2.29. The van der Waals surface area contributed by atoms with Crippen molar-refractivity contribution in [1.29, 1.82) is 0 Å². The molecule has 10 nitrogen and oxygen atoms in total. The van der Waals surface area contributed by atoms with Crippen LogP contribution in [0.3, 0.4) is 0 Å². The van der Waals surface area contributed by atoms with E-state index in [2.05, 4.69) is 10.2 Å². The van der Waals surface area contributed by atoms with Crippen LogP contribution < -0.4 is 5.73 Å². The second-order valence-electron chi connectivity index (χ2n) is 8.44. The third-order valence-electron chi connectivity index (χ3n) is 5.58. The standard InChI is InChI=1S/C16H15F6N5O.C7H6O4/c17-10-6-12(19)11(18)4-8(10)3-9(23)5-14(28)26-1-2-27-13(7-26)24-25-15(27)16(20,21)22;8-4-1-2-6(9)5(3-4)7(10)11/h4,6,9H,1-3,5,7,23H2;1-3,8-9H,(H,10,11)/t9-;/m1./s1. The molecule has 0 saturated carbocycles. The summed E-state index contributed by atoms with van der Waals surface area (Å²) in [6.45, 7) is -0.302. The summed E-state index contributed by atoms with van der Waals surface area (Å²) in [5.74, 6) is -6.95. The zero-order valence-corrected chi connectivity index (χ0v) is 19.8. The Kier molecular flexibility index (Phi) is 8.68. The van der Waals surface area contributed by atoms with Gasteiger partial charge in [-0.25, -0.2) is 18.0 Å². The molecule has 39 heavy (non-hydrogen) atoms. The number of nitrogens with zero attached hydrogens (tertiary/aromatic N) is 4. The number of halogens is 6. The number of benzene rings is 2. The van der Waals surface area contributed by atoms with Crippen molar-refractivity contribution in [3.63, 3.8) is 0 Å². The second kappa shape index (κ2) is 11.6. The van der Waals surface area contributed by atoms with Crippen LogP contribution in [0, 0.1) is 17.5 Å². The summed E-state index contributed by atoms with van der Waals surface area (Å²) in [5.41, 5.74) is 5.34. The molecule has 0 fully saturated rings. The van der Waals surface area contributed by atoms with Crippen molar-refractivity contribution in [3.8, 4) is 11.5 Å². The Labute approximate surface area is 215 Å². The molecular formula is C23H21F6N5O5. The van der Waals surface area contributed by atoms with Crippen molar-refractivity contribution in [1.82, 2.24) is 19.7 Å². The van der Waals surface area contributed by atoms with Crippen LogP contribution in [0.5, 0.6) is 11.5 Å². The molecule has 1 aromatic heterocycles. The van der Waals surface area contributed by atoms with Gasteiger partial charge < -0.3 is 30.5 Å². The first-order valence-corrected chi connectivity index (χ1v) is 11.1. The number of carbonyl (C=O) groups is 2. The maximum Gasteiger partial charge on any atom is 0.451 e. The predicted molar refractivity (Wildman–Crippen MR) is 120 cm³/mol. The number of carboxylic acid groups (broad SMARTS) is 1. The quantitative estimate of drug-likeness (QED) is 0.211. The van der Waals surface area contributed by atoms with Crippen LogP contribution in [-0.2, 0) is 30.5 Å². The number of nitrogens with two attached hydrogens (primary N) is 1. The first-order valence-electron chi connectivity index (χ1n) is 11.1. The highest BCUT2D eigenvalue weighted by Gasteiger charge is 2.40. The van der Waals surface area contributed by atoms with E-state index in [9.17, 15) is 35.9 Å². The Morgan fingerprint density at radius 1 is 1.00 bits per heavy atom. The number of carbonyl (C=O) groups excluding carboxylic acids is 1. The second-order valence-corrected chi connectivity index (χ2v) is 8.44. The number of hydrogen-bond donors (Lipinski definition) is 4. The predicted octanol–water partition coefficient (Wildman–Crippen LogP) is 2.81. The number of aromatic hydroxyl groups is 2. The van der Waals surface area contributed by atoms with E-state index in [-0.39, 0.29) is 60.9 Å². The van der Waals surface area contributed by atoms with Gasteiger partial charge in [0.05, 0.1) is 6.54 Å². The average Bonchev–Trinajstić information content (AvgIpc) is 3.28. The van der Waals surface area contributed by atoms with Crippen LogP contribution in [0.2, 0.25) is 0 Å². The van der Waals surface area contributed by atoms with E-state index >= 15 is 0 Å². The number of rotatable bonds is 5. The van der Waals surface area contributed by atoms with E-state index in [0.29, 0.717) is 12.1 Å². The molecule has 1 amide bonds. The first-order chi connectivity index (χ1) is 18.2. The van der Waals surface area contributed by atoms with Gasteiger partial charge >= 0.3 is 12.1 Å². The Bertz CT molecular complexity index is 1380. The molecule has 2 aromatic carbocycles. The van der Waals surface area contributed by atoms with Crippen molar-refractivity contribution < 1.29 is 51.3 Å². The number of aromatic nitrogens is 3. The Hall–Kier alpha value is -4.34. The van der Waals surface area contributed by atoms with Gasteiger partial charge in [0, 0.05) is 31.6 Å². The van der Waals surface area contributed by atoms with Crippen molar-refractivity contribution in [2.45, 2.75) is 38.1 Å². The molecule has 5 N–H and O–H groups in total. The highest BCUT2D eigenvalue weighted by atomic mass is 19.4. The summed E-state index contributed by atoms with van der Waals surface area (Å²) in [6, 6.07) is 3.50. The monoisotopic (exact) mass is 561 g/mol. The number of hydrogen-bond acceptors (Lipinski definition) is 7. The molecule has 210 valence electrons. The maximum atomic E-state index is 13.7. The number of aromatic carboxylic acids is 1. The molecule has 4 rings (SSSR count). The van der Waals surface area contributed by atoms with Crippen LogP contribution in [0.1, 0.15) is 34.0 Å². The normalized spacial score (nSPS) is 13.8. The summed E-state index contributed by atoms with van der Waals surface area (Å²) in [7, 11) is 0. The summed E-state index contributed by atoms with van der Waals surface area (Å²) in [5, 5.41) is 32.7. The average molecular weight is 561 g/mol. The van der Waals surface area contributed by atoms with E-state index < -0.39 is 47.4 Å². The summed E-state index contributed by atoms with van der Waals surface area (Å²) in [6.07, 6.45) is -5.11. The molecule has 16 heteroatoms. The molecule has 0 bridgehead atoms. The SMILES string of the molecule is N[C@@H](CC(=O)N1CCn2c(nnc2C(F)(F)F)C1)Cc1cc(F)c(F)cc1F.O=C(O)c1cc(O)ccc1O. The fourth-order valence-corrected chi connectivity index (χ4v) is 3.70. The smallest absolute Gasteiger partial charge is 0.451 e. The third kappa shape index (κ3) is 7.16. The molecule has 0 unspecified atom stereocenters. The molecule has 3 aromatic rings. The van der Waals surface area contributed by atoms with Gasteiger partial charge in [-0.3, -0.25) is 4.79 Å². The van der Waals surface area contributed by atoms with Gasteiger partial charge in [-0.1, -0.05) is 0 Å². The van der Waals surface area contributed by atoms with Crippen molar-refractivity contribution in [2.75, 3.05) is 6.54 Å². The first kappa shape index (κ1) is 29.2. The third-order valence-corrected chi connectivity index (χ3v) is 5.58. The van der Waals surface area contributed by atoms with E-state index in [0.717, 1.165) is 16.7 Å². The number of phenols is 2. The summed E-state index contributed by atoms with van der Waals surface area (Å²) in [4.78, 5) is 23.9. The van der Waals surface area contributed by atoms with Gasteiger partial charge in [0.25, 0.3) is 0 Å². The zero-order chi connectivity index (χ0) is 29.1. The fourth-order valence-electron chi connectivity index (χ4n) is 3.70. The molecular weight excluding hydrogens is 540 g/mol. The van der Waals surface area contributed by atoms with Gasteiger partial charge in [-0.15, -0.1) is 10.2 Å². The Morgan fingerprint density at radius 2 is 1.67 bits per heavy atom. The minimum atomic E-state index is -4.64. The summed E-state index contributed by atoms with van der Waals surface area (Å²) >= 11 is 0. The number of carboxylic acids is 1. The van der Waals surface area contributed by atoms with Crippen LogP contribution in [0.15, 0.2) is 30.3 Å². The van der Waals surface area contributed by atoms with Gasteiger partial charge in [0.1, 0.15) is 22.9 Å².